The zero-order valence-corrected chi connectivity index (χ0v) is 17.7. The van der Waals surface area contributed by atoms with Gasteiger partial charge in [0.05, 0.1) is 10.8 Å². The Morgan fingerprint density at radius 2 is 1.86 bits per heavy atom. The van der Waals surface area contributed by atoms with Crippen molar-refractivity contribution in [2.45, 2.75) is 42.2 Å². The second kappa shape index (κ2) is 13.7. The van der Waals surface area contributed by atoms with Gasteiger partial charge in [-0.25, -0.2) is 5.48 Å². The number of benzene rings is 1. The summed E-state index contributed by atoms with van der Waals surface area (Å²) in [6.45, 7) is 6.04. The molecule has 29 heavy (non-hydrogen) atoms. The van der Waals surface area contributed by atoms with Crippen LogP contribution in [0.15, 0.2) is 29.2 Å². The minimum atomic E-state index is -1.60. The number of nitrogens with zero attached hydrogens (tertiary/aromatic N) is 1. The van der Waals surface area contributed by atoms with Crippen molar-refractivity contribution in [2.75, 3.05) is 45.9 Å². The highest BCUT2D eigenvalue weighted by atomic mass is 32.2. The summed E-state index contributed by atoms with van der Waals surface area (Å²) in [7, 11) is -1.60. The number of carboxylic acid groups (broad SMARTS) is 1. The van der Waals surface area contributed by atoms with Crippen molar-refractivity contribution in [1.29, 1.82) is 0 Å². The third kappa shape index (κ3) is 8.79. The maximum atomic E-state index is 12.7. The van der Waals surface area contributed by atoms with E-state index in [1.54, 1.807) is 24.3 Å². The number of hydrogen-bond acceptors (Lipinski definition) is 7. The van der Waals surface area contributed by atoms with Crippen LogP contribution in [0.3, 0.4) is 0 Å². The number of carbonyl (C=O) groups is 1. The van der Waals surface area contributed by atoms with Gasteiger partial charge in [-0.2, -0.15) is 0 Å². The van der Waals surface area contributed by atoms with E-state index in [1.807, 2.05) is 0 Å². The van der Waals surface area contributed by atoms with E-state index in [0.717, 1.165) is 52.0 Å². The average molecular weight is 428 g/mol. The van der Waals surface area contributed by atoms with E-state index < -0.39 is 22.0 Å². The average Bonchev–Trinajstić information content (AvgIpc) is 2.74. The van der Waals surface area contributed by atoms with E-state index in [-0.39, 0.29) is 0 Å². The normalized spacial score (nSPS) is 17.0. The summed E-state index contributed by atoms with van der Waals surface area (Å²) in [5.41, 5.74) is 2.10. The first-order valence-electron chi connectivity index (χ1n) is 10.3. The van der Waals surface area contributed by atoms with Gasteiger partial charge in [0.2, 0.25) is 0 Å². The minimum absolute atomic E-state index is 0.372. The molecule has 2 unspecified atom stereocenters. The van der Waals surface area contributed by atoms with Crippen LogP contribution in [0.1, 0.15) is 32.1 Å². The zero-order chi connectivity index (χ0) is 20.9. The van der Waals surface area contributed by atoms with Gasteiger partial charge in [0, 0.05) is 44.2 Å². The Morgan fingerprint density at radius 1 is 1.17 bits per heavy atom. The lowest BCUT2D eigenvalue weighted by atomic mass is 10.1. The Labute approximate surface area is 175 Å². The third-order valence-electron chi connectivity index (χ3n) is 4.98. The predicted octanol–water partition coefficient (Wildman–Crippen LogP) is 1.46. The molecule has 1 aromatic carbocycles. The van der Waals surface area contributed by atoms with Gasteiger partial charge in [-0.05, 0) is 37.1 Å². The van der Waals surface area contributed by atoms with Gasteiger partial charge in [-0.1, -0.05) is 19.3 Å². The summed E-state index contributed by atoms with van der Waals surface area (Å²) in [4.78, 5) is 14.4. The smallest absolute Gasteiger partial charge is 0.319 e. The highest BCUT2D eigenvalue weighted by molar-refractivity contribution is 7.86. The van der Waals surface area contributed by atoms with Crippen LogP contribution in [0, 0.1) is 0 Å². The van der Waals surface area contributed by atoms with Crippen LogP contribution >= 0.6 is 0 Å². The zero-order valence-electron chi connectivity index (χ0n) is 16.8. The van der Waals surface area contributed by atoms with E-state index >= 15 is 0 Å². The van der Waals surface area contributed by atoms with Crippen molar-refractivity contribution in [3.8, 4) is 5.75 Å². The molecule has 0 radical (unpaired) electrons. The number of unbranched alkanes of at least 4 members (excludes halogenated alkanes) is 3. The summed E-state index contributed by atoms with van der Waals surface area (Å²) >= 11 is 0. The van der Waals surface area contributed by atoms with Crippen LogP contribution in [0.4, 0.5) is 0 Å². The Hall–Kier alpha value is -1.52. The molecule has 1 aliphatic heterocycles. The van der Waals surface area contributed by atoms with E-state index in [1.165, 1.54) is 0 Å². The second-order valence-corrected chi connectivity index (χ2v) is 8.78. The number of aliphatic carboxylic acids is 1. The lowest BCUT2D eigenvalue weighted by Crippen LogP contribution is -2.44. The van der Waals surface area contributed by atoms with Crippen LogP contribution in [-0.2, 0) is 15.6 Å². The van der Waals surface area contributed by atoms with Gasteiger partial charge in [0.25, 0.3) is 0 Å². The largest absolute Gasteiger partial charge is 0.492 e. The van der Waals surface area contributed by atoms with Gasteiger partial charge in [0.1, 0.15) is 17.6 Å². The van der Waals surface area contributed by atoms with Crippen molar-refractivity contribution in [2.24, 2.45) is 0 Å². The van der Waals surface area contributed by atoms with E-state index in [9.17, 15) is 14.1 Å². The molecule has 8 nitrogen and oxygen atoms in total. The summed E-state index contributed by atoms with van der Waals surface area (Å²) in [6.07, 6.45) is 3.64. The molecule has 164 valence electrons. The van der Waals surface area contributed by atoms with Crippen molar-refractivity contribution < 1.29 is 24.1 Å². The van der Waals surface area contributed by atoms with Gasteiger partial charge in [-0.15, -0.1) is 0 Å². The fourth-order valence-electron chi connectivity index (χ4n) is 3.27. The molecule has 0 saturated carbocycles. The molecule has 0 aromatic heterocycles. The minimum Gasteiger partial charge on any atom is -0.492 e. The number of hydrogen-bond donors (Lipinski definition) is 4. The van der Waals surface area contributed by atoms with Crippen LogP contribution in [0.5, 0.6) is 5.75 Å². The van der Waals surface area contributed by atoms with Crippen LogP contribution < -0.4 is 15.5 Å². The number of ether oxygens (including phenoxy) is 1. The topological polar surface area (TPSA) is 111 Å². The number of piperazine rings is 1. The first-order chi connectivity index (χ1) is 14.1. The number of nitrogens with one attached hydrogen (secondary N) is 2. The molecule has 0 bridgehead atoms. The maximum absolute atomic E-state index is 12.7. The Bertz CT molecular complexity index is 623. The first kappa shape index (κ1) is 23.8. The number of hydroxylamine groups is 1. The van der Waals surface area contributed by atoms with Gasteiger partial charge in [-0.3, -0.25) is 13.9 Å². The fraction of sp³-hybridized carbons (Fsp3) is 0.650. The third-order valence-corrected chi connectivity index (χ3v) is 6.67. The Kier molecular flexibility index (Phi) is 11.2. The quantitative estimate of drug-likeness (QED) is 0.261. The number of rotatable bonds is 14. The molecule has 0 spiro atoms. The lowest BCUT2D eigenvalue weighted by molar-refractivity contribution is -0.136. The molecule has 1 aliphatic rings. The second-order valence-electron chi connectivity index (χ2n) is 7.15. The van der Waals surface area contributed by atoms with E-state index in [4.69, 9.17) is 9.94 Å². The lowest BCUT2D eigenvalue weighted by Gasteiger charge is -2.26. The number of carboxylic acids is 1. The molecule has 1 fully saturated rings. The monoisotopic (exact) mass is 427 g/mol. The van der Waals surface area contributed by atoms with Crippen molar-refractivity contribution in [3.05, 3.63) is 24.3 Å². The van der Waals surface area contributed by atoms with Crippen molar-refractivity contribution >= 4 is 16.8 Å². The van der Waals surface area contributed by atoms with Crippen LogP contribution in [0.2, 0.25) is 0 Å². The fourth-order valence-corrected chi connectivity index (χ4v) is 4.57. The molecule has 1 saturated heterocycles. The molecular weight excluding hydrogens is 394 g/mol. The molecular formula is C20H33N3O5S. The van der Waals surface area contributed by atoms with Gasteiger partial charge < -0.3 is 20.4 Å². The molecule has 9 heteroatoms. The highest BCUT2D eigenvalue weighted by Crippen LogP contribution is 2.20. The summed E-state index contributed by atoms with van der Waals surface area (Å²) in [6, 6.07) is 6.90. The molecule has 2 atom stereocenters. The Balaban J connectivity index is 1.77. The SMILES string of the molecule is O=C(O)C(CCCCCCNO)S(=O)c1ccc(OCCN2CCNCC2)cc1. The molecule has 4 N–H and O–H groups in total. The summed E-state index contributed by atoms with van der Waals surface area (Å²) in [5.74, 6) is -0.332. The predicted molar refractivity (Wildman–Crippen MR) is 112 cm³/mol. The maximum Gasteiger partial charge on any atom is 0.319 e. The summed E-state index contributed by atoms with van der Waals surface area (Å²) < 4.78 is 18.5. The van der Waals surface area contributed by atoms with Gasteiger partial charge >= 0.3 is 5.97 Å². The van der Waals surface area contributed by atoms with Gasteiger partial charge in [0.15, 0.2) is 0 Å². The molecule has 0 aliphatic carbocycles. The van der Waals surface area contributed by atoms with Crippen molar-refractivity contribution in [3.63, 3.8) is 0 Å². The first-order valence-corrected chi connectivity index (χ1v) is 11.5. The van der Waals surface area contributed by atoms with Crippen molar-refractivity contribution in [1.82, 2.24) is 15.7 Å². The Morgan fingerprint density at radius 3 is 2.52 bits per heavy atom. The van der Waals surface area contributed by atoms with E-state index in [2.05, 4.69) is 15.7 Å². The highest BCUT2D eigenvalue weighted by Gasteiger charge is 2.25. The standard InChI is InChI=1S/C20H33N3O5S/c24-20(25)19(5-3-1-2-4-10-22-26)29(27)18-8-6-17(7-9-18)28-16-15-23-13-11-21-12-14-23/h6-9,19,21-22,26H,1-5,10-16H2,(H,24,25). The molecule has 2 rings (SSSR count). The molecule has 1 aromatic rings. The molecule has 1 heterocycles. The van der Waals surface area contributed by atoms with Crippen LogP contribution in [-0.4, -0.2) is 76.5 Å². The molecule has 0 amide bonds. The van der Waals surface area contributed by atoms with Crippen LogP contribution in [0.25, 0.3) is 0 Å². The van der Waals surface area contributed by atoms with E-state index in [0.29, 0.717) is 36.6 Å². The summed E-state index contributed by atoms with van der Waals surface area (Å²) in [5, 5.41) is 20.4.